The molecule has 0 aromatic heterocycles. The molecule has 3 aliphatic heterocycles. The summed E-state index contributed by atoms with van der Waals surface area (Å²) in [4.78, 5) is 14.6. The Morgan fingerprint density at radius 3 is 2.85 bits per heavy atom. The molecule has 5 unspecified atom stereocenters. The molecule has 6 heteroatoms. The SMILES string of the molecule is CC(C)C1OC1C1CCCN1C(=O)CNC1OC1OCc1ccccc1. The number of rotatable bonds is 8. The van der Waals surface area contributed by atoms with E-state index in [1.54, 1.807) is 0 Å². The minimum Gasteiger partial charge on any atom is -0.367 e. The minimum absolute atomic E-state index is 0.128. The fourth-order valence-electron chi connectivity index (χ4n) is 3.84. The van der Waals surface area contributed by atoms with Gasteiger partial charge >= 0.3 is 0 Å². The van der Waals surface area contributed by atoms with Crippen LogP contribution in [0, 0.1) is 5.92 Å². The molecule has 4 rings (SSSR count). The van der Waals surface area contributed by atoms with Gasteiger partial charge in [-0.15, -0.1) is 0 Å². The van der Waals surface area contributed by atoms with Crippen LogP contribution in [0.1, 0.15) is 32.3 Å². The molecule has 0 aliphatic carbocycles. The largest absolute Gasteiger partial charge is 0.367 e. The molecule has 26 heavy (non-hydrogen) atoms. The number of epoxide rings is 2. The van der Waals surface area contributed by atoms with Crippen LogP contribution in [-0.4, -0.2) is 54.7 Å². The Hall–Kier alpha value is -1.47. The Morgan fingerprint density at radius 1 is 1.31 bits per heavy atom. The van der Waals surface area contributed by atoms with Crippen molar-refractivity contribution in [2.24, 2.45) is 5.92 Å². The third kappa shape index (κ3) is 4.09. The van der Waals surface area contributed by atoms with Gasteiger partial charge in [0.2, 0.25) is 5.91 Å². The van der Waals surface area contributed by atoms with Gasteiger partial charge in [0.1, 0.15) is 6.10 Å². The Labute approximate surface area is 154 Å². The summed E-state index contributed by atoms with van der Waals surface area (Å²) >= 11 is 0. The molecule has 3 saturated heterocycles. The van der Waals surface area contributed by atoms with E-state index in [-0.39, 0.29) is 37.1 Å². The van der Waals surface area contributed by atoms with Crippen LogP contribution in [-0.2, 0) is 25.6 Å². The number of hydrogen-bond acceptors (Lipinski definition) is 5. The predicted molar refractivity (Wildman–Crippen MR) is 96.1 cm³/mol. The highest BCUT2D eigenvalue weighted by atomic mass is 16.8. The van der Waals surface area contributed by atoms with Crippen LogP contribution in [0.15, 0.2) is 30.3 Å². The highest BCUT2D eigenvalue weighted by molar-refractivity contribution is 5.79. The lowest BCUT2D eigenvalue weighted by Crippen LogP contribution is -2.44. The standard InChI is InChI=1S/C20H28N2O4/c1-13(2)17-18(25-17)15-9-6-10-22(15)16(23)11-21-19-20(26-19)24-12-14-7-4-3-5-8-14/h3-5,7-8,13,15,17-21H,6,9-12H2,1-2H3. The number of benzene rings is 1. The van der Waals surface area contributed by atoms with Gasteiger partial charge in [-0.2, -0.15) is 0 Å². The second-order valence-corrected chi connectivity index (χ2v) is 7.71. The summed E-state index contributed by atoms with van der Waals surface area (Å²) in [7, 11) is 0. The number of ether oxygens (including phenoxy) is 3. The van der Waals surface area contributed by atoms with Crippen molar-refractivity contribution >= 4 is 5.91 Å². The van der Waals surface area contributed by atoms with Crippen molar-refractivity contribution in [2.45, 2.75) is 64.1 Å². The van der Waals surface area contributed by atoms with Crippen molar-refractivity contribution in [3.05, 3.63) is 35.9 Å². The average molecular weight is 360 g/mol. The van der Waals surface area contributed by atoms with Crippen LogP contribution in [0.3, 0.4) is 0 Å². The molecule has 1 aromatic rings. The Kier molecular flexibility index (Phi) is 5.27. The number of carbonyl (C=O) groups excluding carboxylic acids is 1. The molecule has 1 amide bonds. The van der Waals surface area contributed by atoms with Crippen molar-refractivity contribution in [1.82, 2.24) is 10.2 Å². The number of nitrogens with one attached hydrogen (secondary N) is 1. The van der Waals surface area contributed by atoms with Crippen LogP contribution in [0.4, 0.5) is 0 Å². The van der Waals surface area contributed by atoms with E-state index in [0.717, 1.165) is 24.9 Å². The Balaban J connectivity index is 1.18. The summed E-state index contributed by atoms with van der Waals surface area (Å²) in [6.07, 6.45) is 2.18. The van der Waals surface area contributed by atoms with Crippen LogP contribution < -0.4 is 5.32 Å². The fourth-order valence-corrected chi connectivity index (χ4v) is 3.84. The maximum Gasteiger partial charge on any atom is 0.236 e. The molecule has 3 aliphatic rings. The first-order valence-corrected chi connectivity index (χ1v) is 9.63. The monoisotopic (exact) mass is 360 g/mol. The quantitative estimate of drug-likeness (QED) is 0.717. The lowest BCUT2D eigenvalue weighted by molar-refractivity contribution is -0.131. The normalized spacial score (nSPS) is 32.9. The first kappa shape index (κ1) is 17.9. The van der Waals surface area contributed by atoms with E-state index in [4.69, 9.17) is 14.2 Å². The van der Waals surface area contributed by atoms with Crippen LogP contribution >= 0.6 is 0 Å². The van der Waals surface area contributed by atoms with Crippen LogP contribution in [0.25, 0.3) is 0 Å². The Bertz CT molecular complexity index is 623. The molecule has 0 spiro atoms. The third-order valence-electron chi connectivity index (χ3n) is 5.38. The van der Waals surface area contributed by atoms with E-state index in [0.29, 0.717) is 18.6 Å². The van der Waals surface area contributed by atoms with Gasteiger partial charge in [-0.1, -0.05) is 44.2 Å². The number of likely N-dealkylation sites (tertiary alicyclic amines) is 1. The number of carbonyl (C=O) groups is 1. The van der Waals surface area contributed by atoms with Gasteiger partial charge in [-0.05, 0) is 24.3 Å². The third-order valence-corrected chi connectivity index (χ3v) is 5.38. The second kappa shape index (κ2) is 7.64. The smallest absolute Gasteiger partial charge is 0.236 e. The molecular formula is C20H28N2O4. The summed E-state index contributed by atoms with van der Waals surface area (Å²) < 4.78 is 17.0. The molecule has 0 bridgehead atoms. The molecule has 3 heterocycles. The van der Waals surface area contributed by atoms with E-state index in [2.05, 4.69) is 19.2 Å². The lowest BCUT2D eigenvalue weighted by Gasteiger charge is -2.24. The predicted octanol–water partition coefficient (Wildman–Crippen LogP) is 1.89. The summed E-state index contributed by atoms with van der Waals surface area (Å²) in [6.45, 7) is 5.98. The van der Waals surface area contributed by atoms with Gasteiger partial charge in [0.05, 0.1) is 25.3 Å². The average Bonchev–Trinajstić information content (AvgIpc) is 3.55. The molecule has 0 saturated carbocycles. The Morgan fingerprint density at radius 2 is 2.12 bits per heavy atom. The van der Waals surface area contributed by atoms with Gasteiger partial charge in [0.15, 0.2) is 12.5 Å². The van der Waals surface area contributed by atoms with Crippen LogP contribution in [0.5, 0.6) is 0 Å². The highest BCUT2D eigenvalue weighted by Gasteiger charge is 2.51. The topological polar surface area (TPSA) is 66.6 Å². The fraction of sp³-hybridized carbons (Fsp3) is 0.650. The molecule has 142 valence electrons. The molecule has 6 nitrogen and oxygen atoms in total. The van der Waals surface area contributed by atoms with Crippen molar-refractivity contribution in [2.75, 3.05) is 13.1 Å². The van der Waals surface area contributed by atoms with Crippen molar-refractivity contribution in [3.8, 4) is 0 Å². The van der Waals surface area contributed by atoms with Crippen molar-refractivity contribution < 1.29 is 19.0 Å². The maximum absolute atomic E-state index is 12.6. The van der Waals surface area contributed by atoms with Gasteiger partial charge < -0.3 is 19.1 Å². The molecule has 0 radical (unpaired) electrons. The minimum atomic E-state index is -0.269. The molecule has 1 N–H and O–H groups in total. The lowest BCUT2D eigenvalue weighted by atomic mass is 10.0. The number of amides is 1. The van der Waals surface area contributed by atoms with Crippen molar-refractivity contribution in [1.29, 1.82) is 0 Å². The first-order valence-electron chi connectivity index (χ1n) is 9.63. The molecule has 1 aromatic carbocycles. The van der Waals surface area contributed by atoms with Crippen molar-refractivity contribution in [3.63, 3.8) is 0 Å². The summed E-state index contributed by atoms with van der Waals surface area (Å²) in [5, 5.41) is 3.15. The molecular weight excluding hydrogens is 332 g/mol. The van der Waals surface area contributed by atoms with Gasteiger partial charge in [-0.3, -0.25) is 10.1 Å². The summed E-state index contributed by atoms with van der Waals surface area (Å²) in [5.74, 6) is 0.640. The second-order valence-electron chi connectivity index (χ2n) is 7.71. The van der Waals surface area contributed by atoms with E-state index >= 15 is 0 Å². The van der Waals surface area contributed by atoms with Gasteiger partial charge in [0, 0.05) is 6.54 Å². The van der Waals surface area contributed by atoms with Gasteiger partial charge in [0.25, 0.3) is 0 Å². The zero-order valence-electron chi connectivity index (χ0n) is 15.5. The number of nitrogens with zero attached hydrogens (tertiary/aromatic N) is 1. The van der Waals surface area contributed by atoms with E-state index in [1.807, 2.05) is 35.2 Å². The van der Waals surface area contributed by atoms with E-state index < -0.39 is 0 Å². The van der Waals surface area contributed by atoms with E-state index in [9.17, 15) is 4.79 Å². The molecule has 3 fully saturated rings. The zero-order chi connectivity index (χ0) is 18.1. The number of hydrogen-bond donors (Lipinski definition) is 1. The molecule has 5 atom stereocenters. The van der Waals surface area contributed by atoms with Gasteiger partial charge in [-0.25, -0.2) is 0 Å². The zero-order valence-corrected chi connectivity index (χ0v) is 15.5. The maximum atomic E-state index is 12.6. The summed E-state index contributed by atoms with van der Waals surface area (Å²) in [6, 6.07) is 10.2. The highest BCUT2D eigenvalue weighted by Crippen LogP contribution is 2.38. The van der Waals surface area contributed by atoms with Crippen LogP contribution in [0.2, 0.25) is 0 Å². The summed E-state index contributed by atoms with van der Waals surface area (Å²) in [5.41, 5.74) is 1.11. The first-order chi connectivity index (χ1) is 12.6. The van der Waals surface area contributed by atoms with E-state index in [1.165, 1.54) is 0 Å².